The van der Waals surface area contributed by atoms with E-state index >= 15 is 0 Å². The van der Waals surface area contributed by atoms with Crippen LogP contribution in [0.15, 0.2) is 30.3 Å². The van der Waals surface area contributed by atoms with Gasteiger partial charge in [-0.05, 0) is 31.5 Å². The number of nitrogens with zero attached hydrogens (tertiary/aromatic N) is 2. The lowest BCUT2D eigenvalue weighted by molar-refractivity contribution is -0.122. The average molecular weight is 257 g/mol. The lowest BCUT2D eigenvalue weighted by Crippen LogP contribution is -2.41. The summed E-state index contributed by atoms with van der Waals surface area (Å²) in [5, 5.41) is 11.7. The van der Waals surface area contributed by atoms with Crippen LogP contribution in [-0.2, 0) is 11.3 Å². The zero-order chi connectivity index (χ0) is 13.5. The van der Waals surface area contributed by atoms with Gasteiger partial charge in [0.05, 0.1) is 12.6 Å². The number of carbonyl (C=O) groups excluding carboxylic acids is 1. The summed E-state index contributed by atoms with van der Waals surface area (Å²) in [5.74, 6) is 0.225. The molecule has 0 unspecified atom stereocenters. The Labute approximate surface area is 114 Å². The molecule has 1 aliphatic heterocycles. The number of nitriles is 1. The minimum atomic E-state index is 0.0549. The van der Waals surface area contributed by atoms with Gasteiger partial charge in [-0.1, -0.05) is 30.3 Å². The molecular formula is C15H19N3O. The Balaban J connectivity index is 1.69. The summed E-state index contributed by atoms with van der Waals surface area (Å²) in [4.78, 5) is 13.9. The molecule has 0 spiro atoms. The molecule has 0 radical (unpaired) electrons. The first kappa shape index (κ1) is 13.6. The molecule has 1 aromatic rings. The first-order valence-electron chi connectivity index (χ1n) is 6.70. The summed E-state index contributed by atoms with van der Waals surface area (Å²) < 4.78 is 0. The van der Waals surface area contributed by atoms with Crippen LogP contribution in [0.1, 0.15) is 18.4 Å². The number of rotatable bonds is 4. The highest BCUT2D eigenvalue weighted by molar-refractivity contribution is 5.78. The Morgan fingerprint density at radius 2 is 2.00 bits per heavy atom. The maximum absolute atomic E-state index is 11.8. The van der Waals surface area contributed by atoms with E-state index in [-0.39, 0.29) is 11.8 Å². The molecule has 1 amide bonds. The fraction of sp³-hybridized carbons (Fsp3) is 0.467. The van der Waals surface area contributed by atoms with Crippen molar-refractivity contribution >= 4 is 5.91 Å². The predicted molar refractivity (Wildman–Crippen MR) is 73.1 cm³/mol. The van der Waals surface area contributed by atoms with Gasteiger partial charge in [-0.15, -0.1) is 0 Å². The van der Waals surface area contributed by atoms with E-state index in [9.17, 15) is 4.79 Å². The van der Waals surface area contributed by atoms with Crippen molar-refractivity contribution in [1.29, 1.82) is 5.26 Å². The molecule has 2 rings (SSSR count). The largest absolute Gasteiger partial charge is 0.351 e. The third kappa shape index (κ3) is 4.38. The van der Waals surface area contributed by atoms with Gasteiger partial charge in [0.1, 0.15) is 0 Å². The summed E-state index contributed by atoms with van der Waals surface area (Å²) in [6.07, 6.45) is 1.75. The van der Waals surface area contributed by atoms with Gasteiger partial charge in [-0.25, -0.2) is 0 Å². The Hall–Kier alpha value is -1.86. The zero-order valence-electron chi connectivity index (χ0n) is 11.0. The standard InChI is InChI=1S/C15H19N3O/c16-10-13-6-8-18(9-7-13)12-15(19)17-11-14-4-2-1-3-5-14/h1-5,13H,6-9,11-12H2,(H,17,19). The monoisotopic (exact) mass is 257 g/mol. The molecule has 0 saturated carbocycles. The van der Waals surface area contributed by atoms with Crippen LogP contribution in [0, 0.1) is 17.2 Å². The predicted octanol–water partition coefficient (Wildman–Crippen LogP) is 1.54. The highest BCUT2D eigenvalue weighted by Gasteiger charge is 2.20. The van der Waals surface area contributed by atoms with Crippen molar-refractivity contribution < 1.29 is 4.79 Å². The van der Waals surface area contributed by atoms with E-state index in [0.717, 1.165) is 31.5 Å². The molecule has 4 heteroatoms. The van der Waals surface area contributed by atoms with Gasteiger partial charge in [-0.3, -0.25) is 9.69 Å². The van der Waals surface area contributed by atoms with Gasteiger partial charge in [0.25, 0.3) is 0 Å². The van der Waals surface area contributed by atoms with Gasteiger partial charge in [0.2, 0.25) is 5.91 Å². The Kier molecular flexibility index (Phi) is 4.93. The normalized spacial score (nSPS) is 16.8. The summed E-state index contributed by atoms with van der Waals surface area (Å²) in [7, 11) is 0. The first-order valence-corrected chi connectivity index (χ1v) is 6.70. The maximum atomic E-state index is 11.8. The molecule has 100 valence electrons. The number of carbonyl (C=O) groups is 1. The molecule has 1 aliphatic rings. The molecule has 0 aromatic heterocycles. The van der Waals surface area contributed by atoms with Crippen LogP contribution >= 0.6 is 0 Å². The van der Waals surface area contributed by atoms with Crippen LogP contribution in [0.4, 0.5) is 0 Å². The number of hydrogen-bond donors (Lipinski definition) is 1. The number of amides is 1. The summed E-state index contributed by atoms with van der Waals surface area (Å²) in [6, 6.07) is 12.2. The fourth-order valence-electron chi connectivity index (χ4n) is 2.28. The number of hydrogen-bond acceptors (Lipinski definition) is 3. The van der Waals surface area contributed by atoms with Crippen LogP contribution in [0.25, 0.3) is 0 Å². The van der Waals surface area contributed by atoms with Crippen molar-refractivity contribution in [2.45, 2.75) is 19.4 Å². The summed E-state index contributed by atoms with van der Waals surface area (Å²) >= 11 is 0. The molecule has 4 nitrogen and oxygen atoms in total. The van der Waals surface area contributed by atoms with E-state index in [1.807, 2.05) is 30.3 Å². The zero-order valence-corrected chi connectivity index (χ0v) is 11.0. The third-order valence-corrected chi connectivity index (χ3v) is 3.47. The van der Waals surface area contributed by atoms with Crippen LogP contribution in [-0.4, -0.2) is 30.4 Å². The van der Waals surface area contributed by atoms with Crippen molar-refractivity contribution in [2.75, 3.05) is 19.6 Å². The summed E-state index contributed by atoms with van der Waals surface area (Å²) in [6.45, 7) is 2.70. The Morgan fingerprint density at radius 1 is 1.32 bits per heavy atom. The van der Waals surface area contributed by atoms with Crippen LogP contribution in [0.3, 0.4) is 0 Å². The second-order valence-electron chi connectivity index (χ2n) is 4.94. The average Bonchev–Trinajstić information content (AvgIpc) is 2.47. The first-order chi connectivity index (χ1) is 9.28. The Bertz CT molecular complexity index is 444. The summed E-state index contributed by atoms with van der Waals surface area (Å²) in [5.41, 5.74) is 1.11. The number of piperidine rings is 1. The molecule has 0 bridgehead atoms. The van der Waals surface area contributed by atoms with Crippen molar-refractivity contribution in [2.24, 2.45) is 5.92 Å². The minimum absolute atomic E-state index is 0.0549. The van der Waals surface area contributed by atoms with Crippen LogP contribution in [0.5, 0.6) is 0 Å². The molecule has 0 atom stereocenters. The maximum Gasteiger partial charge on any atom is 0.234 e. The molecule has 1 fully saturated rings. The van der Waals surface area contributed by atoms with Crippen molar-refractivity contribution in [3.8, 4) is 6.07 Å². The SMILES string of the molecule is N#CC1CCN(CC(=O)NCc2ccccc2)CC1. The van der Waals surface area contributed by atoms with Crippen molar-refractivity contribution in [3.05, 3.63) is 35.9 Å². The second kappa shape index (κ2) is 6.91. The minimum Gasteiger partial charge on any atom is -0.351 e. The van der Waals surface area contributed by atoms with Crippen LogP contribution < -0.4 is 5.32 Å². The number of likely N-dealkylation sites (tertiary alicyclic amines) is 1. The molecule has 1 N–H and O–H groups in total. The lowest BCUT2D eigenvalue weighted by atomic mass is 9.99. The Morgan fingerprint density at radius 3 is 2.63 bits per heavy atom. The van der Waals surface area contributed by atoms with E-state index in [2.05, 4.69) is 16.3 Å². The highest BCUT2D eigenvalue weighted by atomic mass is 16.2. The quantitative estimate of drug-likeness (QED) is 0.890. The molecule has 0 aliphatic carbocycles. The van der Waals surface area contributed by atoms with Crippen molar-refractivity contribution in [1.82, 2.24) is 10.2 Å². The smallest absolute Gasteiger partial charge is 0.234 e. The molecule has 1 saturated heterocycles. The van der Waals surface area contributed by atoms with Gasteiger partial charge < -0.3 is 5.32 Å². The number of nitrogens with one attached hydrogen (secondary N) is 1. The molecule has 1 aromatic carbocycles. The van der Waals surface area contributed by atoms with E-state index < -0.39 is 0 Å². The van der Waals surface area contributed by atoms with Gasteiger partial charge in [-0.2, -0.15) is 5.26 Å². The van der Waals surface area contributed by atoms with E-state index in [4.69, 9.17) is 5.26 Å². The van der Waals surface area contributed by atoms with E-state index in [1.54, 1.807) is 0 Å². The topological polar surface area (TPSA) is 56.1 Å². The molecule has 1 heterocycles. The van der Waals surface area contributed by atoms with E-state index in [0.29, 0.717) is 13.1 Å². The van der Waals surface area contributed by atoms with E-state index in [1.165, 1.54) is 0 Å². The highest BCUT2D eigenvalue weighted by Crippen LogP contribution is 2.15. The number of benzene rings is 1. The van der Waals surface area contributed by atoms with Gasteiger partial charge in [0.15, 0.2) is 0 Å². The fourth-order valence-corrected chi connectivity index (χ4v) is 2.28. The molecular weight excluding hydrogens is 238 g/mol. The van der Waals surface area contributed by atoms with Gasteiger partial charge in [0, 0.05) is 12.5 Å². The van der Waals surface area contributed by atoms with Gasteiger partial charge >= 0.3 is 0 Å². The lowest BCUT2D eigenvalue weighted by Gasteiger charge is -2.28. The third-order valence-electron chi connectivity index (χ3n) is 3.47. The molecule has 19 heavy (non-hydrogen) atoms. The second-order valence-corrected chi connectivity index (χ2v) is 4.94. The van der Waals surface area contributed by atoms with Crippen LogP contribution in [0.2, 0.25) is 0 Å². The van der Waals surface area contributed by atoms with Crippen molar-refractivity contribution in [3.63, 3.8) is 0 Å².